The molecule has 0 saturated carbocycles. The van der Waals surface area contributed by atoms with Crippen LogP contribution in [0.5, 0.6) is 0 Å². The number of ether oxygens (including phenoxy) is 1. The number of esters is 1. The van der Waals surface area contributed by atoms with E-state index in [0.29, 0.717) is 0 Å². The summed E-state index contributed by atoms with van der Waals surface area (Å²) < 4.78 is 44.7. The van der Waals surface area contributed by atoms with Crippen molar-refractivity contribution < 1.29 is 32.1 Å². The summed E-state index contributed by atoms with van der Waals surface area (Å²) >= 11 is 0. The van der Waals surface area contributed by atoms with E-state index in [1.165, 1.54) is 19.1 Å². The quantitative estimate of drug-likeness (QED) is 0.363. The molecule has 1 amide bonds. The van der Waals surface area contributed by atoms with Crippen molar-refractivity contribution in [2.45, 2.75) is 24.8 Å². The fourth-order valence-corrected chi connectivity index (χ4v) is 3.45. The second-order valence-corrected chi connectivity index (χ2v) is 7.95. The summed E-state index contributed by atoms with van der Waals surface area (Å²) in [7, 11) is -3.98. The SMILES string of the molecule is Cc1ccc(S(=O)(=O)N[C@@H](C)C(=O)OCC(=O)Nc2ccc(F)c([N+](=O)[O-])c2)cc1. The molecule has 0 saturated heterocycles. The topological polar surface area (TPSA) is 145 Å². The maximum atomic E-state index is 13.3. The van der Waals surface area contributed by atoms with Gasteiger partial charge < -0.3 is 10.1 Å². The number of nitro benzene ring substituents is 1. The molecule has 1 atom stereocenters. The van der Waals surface area contributed by atoms with Gasteiger partial charge in [0.1, 0.15) is 6.04 Å². The monoisotopic (exact) mass is 439 g/mol. The van der Waals surface area contributed by atoms with Crippen molar-refractivity contribution in [3.63, 3.8) is 0 Å². The number of carbonyl (C=O) groups excluding carboxylic acids is 2. The van der Waals surface area contributed by atoms with Gasteiger partial charge in [0.05, 0.1) is 9.82 Å². The average Bonchev–Trinajstić information content (AvgIpc) is 2.67. The van der Waals surface area contributed by atoms with Crippen molar-refractivity contribution in [2.24, 2.45) is 0 Å². The lowest BCUT2D eigenvalue weighted by atomic mass is 10.2. The van der Waals surface area contributed by atoms with E-state index in [2.05, 4.69) is 10.0 Å². The number of hydrogen-bond acceptors (Lipinski definition) is 7. The van der Waals surface area contributed by atoms with Crippen LogP contribution in [0, 0.1) is 22.9 Å². The first-order valence-corrected chi connectivity index (χ1v) is 9.97. The summed E-state index contributed by atoms with van der Waals surface area (Å²) in [4.78, 5) is 33.6. The molecule has 0 aliphatic carbocycles. The average molecular weight is 439 g/mol. The van der Waals surface area contributed by atoms with E-state index in [9.17, 15) is 32.5 Å². The predicted octanol–water partition coefficient (Wildman–Crippen LogP) is 1.89. The van der Waals surface area contributed by atoms with Crippen LogP contribution in [-0.4, -0.2) is 37.9 Å². The zero-order valence-electron chi connectivity index (χ0n) is 15.9. The van der Waals surface area contributed by atoms with Crippen LogP contribution in [0.1, 0.15) is 12.5 Å². The number of halogens is 1. The molecule has 0 unspecified atom stereocenters. The fourth-order valence-electron chi connectivity index (χ4n) is 2.26. The number of nitrogens with one attached hydrogen (secondary N) is 2. The first-order chi connectivity index (χ1) is 14.0. The van der Waals surface area contributed by atoms with Crippen LogP contribution in [0.3, 0.4) is 0 Å². The van der Waals surface area contributed by atoms with E-state index < -0.39 is 51.0 Å². The molecule has 0 aliphatic heterocycles. The van der Waals surface area contributed by atoms with Gasteiger partial charge in [-0.1, -0.05) is 17.7 Å². The molecular weight excluding hydrogens is 421 g/mol. The third-order valence-electron chi connectivity index (χ3n) is 3.79. The van der Waals surface area contributed by atoms with Gasteiger partial charge in [0.15, 0.2) is 6.61 Å². The third kappa shape index (κ3) is 6.06. The zero-order valence-corrected chi connectivity index (χ0v) is 16.7. The van der Waals surface area contributed by atoms with E-state index >= 15 is 0 Å². The predicted molar refractivity (Wildman–Crippen MR) is 104 cm³/mol. The van der Waals surface area contributed by atoms with Crippen LogP contribution in [-0.2, 0) is 24.3 Å². The minimum absolute atomic E-state index is 0.0385. The Hall–Kier alpha value is -3.38. The minimum atomic E-state index is -3.98. The van der Waals surface area contributed by atoms with Crippen LogP contribution >= 0.6 is 0 Å². The summed E-state index contributed by atoms with van der Waals surface area (Å²) in [5, 5.41) is 12.9. The number of hydrogen-bond donors (Lipinski definition) is 2. The van der Waals surface area contributed by atoms with Gasteiger partial charge in [-0.05, 0) is 38.1 Å². The molecule has 2 rings (SSSR count). The third-order valence-corrected chi connectivity index (χ3v) is 5.35. The number of rotatable bonds is 8. The molecule has 0 radical (unpaired) electrons. The zero-order chi connectivity index (χ0) is 22.5. The molecule has 0 aromatic heterocycles. The molecule has 0 bridgehead atoms. The highest BCUT2D eigenvalue weighted by Gasteiger charge is 2.24. The Bertz CT molecular complexity index is 1070. The summed E-state index contributed by atoms with van der Waals surface area (Å²) in [5.41, 5.74) is -0.0416. The standard InChI is InChI=1S/C18H18FN3O7S/c1-11-3-6-14(7-4-11)30(27,28)21-12(2)18(24)29-10-17(23)20-13-5-8-15(19)16(9-13)22(25)26/h3-9,12,21H,10H2,1-2H3,(H,20,23)/t12-/m0/s1. The van der Waals surface area contributed by atoms with Crippen molar-refractivity contribution in [2.75, 3.05) is 11.9 Å². The Morgan fingerprint density at radius 3 is 2.43 bits per heavy atom. The van der Waals surface area contributed by atoms with Crippen LogP contribution in [0.15, 0.2) is 47.4 Å². The van der Waals surface area contributed by atoms with E-state index in [1.807, 2.05) is 0 Å². The van der Waals surface area contributed by atoms with Crippen molar-refractivity contribution in [1.82, 2.24) is 4.72 Å². The number of amides is 1. The highest BCUT2D eigenvalue weighted by atomic mass is 32.2. The van der Waals surface area contributed by atoms with Crippen molar-refractivity contribution in [3.8, 4) is 0 Å². The molecule has 2 N–H and O–H groups in total. The second kappa shape index (κ2) is 9.41. The Labute approximate surface area is 171 Å². The number of nitro groups is 1. The van der Waals surface area contributed by atoms with Gasteiger partial charge in [0.25, 0.3) is 5.91 Å². The molecular formula is C18H18FN3O7S. The molecule has 160 valence electrons. The highest BCUT2D eigenvalue weighted by molar-refractivity contribution is 7.89. The molecule has 30 heavy (non-hydrogen) atoms. The van der Waals surface area contributed by atoms with E-state index in [-0.39, 0.29) is 10.6 Å². The summed E-state index contributed by atoms with van der Waals surface area (Å²) in [6, 6.07) is 7.39. The minimum Gasteiger partial charge on any atom is -0.454 e. The number of benzene rings is 2. The first kappa shape index (κ1) is 22.9. The maximum Gasteiger partial charge on any atom is 0.324 e. The molecule has 0 aliphatic rings. The van der Waals surface area contributed by atoms with Gasteiger partial charge in [-0.3, -0.25) is 19.7 Å². The number of carbonyl (C=O) groups is 2. The number of sulfonamides is 1. The van der Waals surface area contributed by atoms with Gasteiger partial charge in [-0.15, -0.1) is 0 Å². The largest absolute Gasteiger partial charge is 0.454 e. The van der Waals surface area contributed by atoms with E-state index in [4.69, 9.17) is 4.74 Å². The number of nitrogens with zero attached hydrogens (tertiary/aromatic N) is 1. The van der Waals surface area contributed by atoms with Crippen LogP contribution in [0.2, 0.25) is 0 Å². The molecule has 2 aromatic carbocycles. The molecule has 0 heterocycles. The lowest BCUT2D eigenvalue weighted by Gasteiger charge is -2.14. The lowest BCUT2D eigenvalue weighted by Crippen LogP contribution is -2.40. The molecule has 10 nitrogen and oxygen atoms in total. The summed E-state index contributed by atoms with van der Waals surface area (Å²) in [5.74, 6) is -2.93. The number of anilines is 1. The van der Waals surface area contributed by atoms with Gasteiger partial charge in [-0.25, -0.2) is 8.42 Å². The fraction of sp³-hybridized carbons (Fsp3) is 0.222. The van der Waals surface area contributed by atoms with Gasteiger partial charge in [0, 0.05) is 11.8 Å². The lowest BCUT2D eigenvalue weighted by molar-refractivity contribution is -0.387. The van der Waals surface area contributed by atoms with E-state index in [0.717, 1.165) is 23.8 Å². The Kier molecular flexibility index (Phi) is 7.19. The van der Waals surface area contributed by atoms with Crippen molar-refractivity contribution >= 4 is 33.3 Å². The highest BCUT2D eigenvalue weighted by Crippen LogP contribution is 2.21. The summed E-state index contributed by atoms with van der Waals surface area (Å²) in [6.07, 6.45) is 0. The van der Waals surface area contributed by atoms with Crippen LogP contribution in [0.4, 0.5) is 15.8 Å². The maximum absolute atomic E-state index is 13.3. The second-order valence-electron chi connectivity index (χ2n) is 6.24. The number of aryl methyl sites for hydroxylation is 1. The van der Waals surface area contributed by atoms with Crippen molar-refractivity contribution in [1.29, 1.82) is 0 Å². The Morgan fingerprint density at radius 2 is 1.83 bits per heavy atom. The summed E-state index contributed by atoms with van der Waals surface area (Å²) in [6.45, 7) is 2.26. The van der Waals surface area contributed by atoms with Crippen LogP contribution in [0.25, 0.3) is 0 Å². The van der Waals surface area contributed by atoms with Gasteiger partial charge in [-0.2, -0.15) is 9.11 Å². The Balaban J connectivity index is 1.91. The molecule has 0 spiro atoms. The van der Waals surface area contributed by atoms with Crippen LogP contribution < -0.4 is 10.0 Å². The smallest absolute Gasteiger partial charge is 0.324 e. The van der Waals surface area contributed by atoms with E-state index in [1.54, 1.807) is 19.1 Å². The Morgan fingerprint density at radius 1 is 1.20 bits per heavy atom. The molecule has 0 fully saturated rings. The van der Waals surface area contributed by atoms with Gasteiger partial charge >= 0.3 is 11.7 Å². The molecule has 12 heteroatoms. The van der Waals surface area contributed by atoms with Crippen molar-refractivity contribution in [3.05, 3.63) is 64.0 Å². The first-order valence-electron chi connectivity index (χ1n) is 8.49. The molecule has 2 aromatic rings. The normalized spacial score (nSPS) is 12.1. The van der Waals surface area contributed by atoms with Gasteiger partial charge in [0.2, 0.25) is 15.8 Å².